The van der Waals surface area contributed by atoms with Crippen LogP contribution in [0.1, 0.15) is 30.5 Å². The Labute approximate surface area is 98.4 Å². The maximum atomic E-state index is 5.59. The van der Waals surface area contributed by atoms with Crippen LogP contribution in [0.5, 0.6) is 0 Å². The highest BCUT2D eigenvalue weighted by atomic mass is 15.1. The summed E-state index contributed by atoms with van der Waals surface area (Å²) in [4.78, 5) is 2.53. The maximum Gasteiger partial charge on any atom is 0.0239 e. The van der Waals surface area contributed by atoms with E-state index in [2.05, 4.69) is 36.9 Å². The molecular weight excluding hydrogens is 196 g/mol. The molecule has 2 nitrogen and oxygen atoms in total. The number of fused-ring (bicyclic) bond motifs is 1. The van der Waals surface area contributed by atoms with Crippen LogP contribution in [-0.4, -0.2) is 24.0 Å². The zero-order valence-corrected chi connectivity index (χ0v) is 10.4. The largest absolute Gasteiger partial charge is 0.330 e. The molecule has 0 bridgehead atoms. The van der Waals surface area contributed by atoms with E-state index in [1.165, 1.54) is 29.7 Å². The van der Waals surface area contributed by atoms with Crippen molar-refractivity contribution in [3.05, 3.63) is 34.9 Å². The lowest BCUT2D eigenvalue weighted by atomic mass is 9.95. The molecule has 0 fully saturated rings. The predicted octanol–water partition coefficient (Wildman–Crippen LogP) is 1.95. The third-order valence-electron chi connectivity index (χ3n) is 3.48. The lowest BCUT2D eigenvalue weighted by Gasteiger charge is -2.32. The van der Waals surface area contributed by atoms with E-state index in [1.807, 2.05) is 0 Å². The number of nitrogens with zero attached hydrogens (tertiary/aromatic N) is 1. The number of hydrogen-bond donors (Lipinski definition) is 1. The third-order valence-corrected chi connectivity index (χ3v) is 3.48. The minimum Gasteiger partial charge on any atom is -0.330 e. The average Bonchev–Trinajstić information content (AvgIpc) is 2.28. The Kier molecular flexibility index (Phi) is 3.62. The molecule has 2 heteroatoms. The zero-order chi connectivity index (χ0) is 11.5. The van der Waals surface area contributed by atoms with Gasteiger partial charge in [-0.05, 0) is 49.9 Å². The van der Waals surface area contributed by atoms with Crippen LogP contribution in [0.3, 0.4) is 0 Å². The first-order chi connectivity index (χ1) is 7.70. The minimum atomic E-state index is 0.650. The van der Waals surface area contributed by atoms with Gasteiger partial charge in [-0.15, -0.1) is 0 Å². The van der Waals surface area contributed by atoms with Gasteiger partial charge in [0, 0.05) is 19.1 Å². The molecule has 0 spiro atoms. The molecule has 1 aromatic rings. The normalized spacial score (nSPS) is 16.5. The summed E-state index contributed by atoms with van der Waals surface area (Å²) in [7, 11) is 0. The summed E-state index contributed by atoms with van der Waals surface area (Å²) in [6, 6.07) is 7.52. The smallest absolute Gasteiger partial charge is 0.0239 e. The van der Waals surface area contributed by atoms with E-state index >= 15 is 0 Å². The molecular formula is C14H22N2. The van der Waals surface area contributed by atoms with Crippen molar-refractivity contribution < 1.29 is 0 Å². The van der Waals surface area contributed by atoms with Gasteiger partial charge in [-0.2, -0.15) is 0 Å². The first-order valence-electron chi connectivity index (χ1n) is 6.25. The Hall–Kier alpha value is -0.860. The summed E-state index contributed by atoms with van der Waals surface area (Å²) in [5.74, 6) is 0. The molecule has 0 aromatic heterocycles. The molecule has 0 saturated heterocycles. The van der Waals surface area contributed by atoms with Crippen LogP contribution in [0.25, 0.3) is 0 Å². The minimum absolute atomic E-state index is 0.650. The molecule has 88 valence electrons. The number of benzene rings is 1. The van der Waals surface area contributed by atoms with Crippen LogP contribution < -0.4 is 5.73 Å². The van der Waals surface area contributed by atoms with Crippen LogP contribution in [-0.2, 0) is 19.4 Å². The summed E-state index contributed by atoms with van der Waals surface area (Å²) in [5, 5.41) is 0. The second kappa shape index (κ2) is 4.98. The molecule has 0 amide bonds. The maximum absolute atomic E-state index is 5.59. The summed E-state index contributed by atoms with van der Waals surface area (Å²) >= 11 is 0. The van der Waals surface area contributed by atoms with Crippen molar-refractivity contribution in [2.45, 2.75) is 39.3 Å². The van der Waals surface area contributed by atoms with E-state index in [0.29, 0.717) is 6.04 Å². The lowest BCUT2D eigenvalue weighted by molar-refractivity contribution is 0.203. The average molecular weight is 218 g/mol. The number of hydrogen-bond acceptors (Lipinski definition) is 2. The summed E-state index contributed by atoms with van der Waals surface area (Å²) < 4.78 is 0. The van der Waals surface area contributed by atoms with Gasteiger partial charge < -0.3 is 5.73 Å². The van der Waals surface area contributed by atoms with Gasteiger partial charge in [0.15, 0.2) is 0 Å². The Bertz CT molecular complexity index is 358. The van der Waals surface area contributed by atoms with Gasteiger partial charge in [0.25, 0.3) is 0 Å². The molecule has 0 atom stereocenters. The summed E-state index contributed by atoms with van der Waals surface area (Å²) in [6.45, 7) is 7.59. The molecule has 0 aliphatic carbocycles. The van der Waals surface area contributed by atoms with Gasteiger partial charge in [-0.3, -0.25) is 4.90 Å². The van der Waals surface area contributed by atoms with Crippen molar-refractivity contribution in [2.24, 2.45) is 5.73 Å². The fourth-order valence-electron chi connectivity index (χ4n) is 2.39. The molecule has 1 aromatic carbocycles. The monoisotopic (exact) mass is 218 g/mol. The van der Waals surface area contributed by atoms with Crippen LogP contribution >= 0.6 is 0 Å². The molecule has 0 unspecified atom stereocenters. The van der Waals surface area contributed by atoms with Gasteiger partial charge in [-0.25, -0.2) is 0 Å². The summed E-state index contributed by atoms with van der Waals surface area (Å²) in [6.07, 6.45) is 2.19. The number of rotatable bonds is 3. The first kappa shape index (κ1) is 11.6. The zero-order valence-electron chi connectivity index (χ0n) is 10.4. The quantitative estimate of drug-likeness (QED) is 0.840. The highest BCUT2D eigenvalue weighted by molar-refractivity contribution is 5.34. The van der Waals surface area contributed by atoms with E-state index < -0.39 is 0 Å². The van der Waals surface area contributed by atoms with E-state index in [-0.39, 0.29) is 0 Å². The SMILES string of the molecule is CC(C)N1CCc2cc(CCN)ccc2C1. The molecule has 2 N–H and O–H groups in total. The summed E-state index contributed by atoms with van der Waals surface area (Å²) in [5.41, 5.74) is 10.0. The van der Waals surface area contributed by atoms with Crippen molar-refractivity contribution >= 4 is 0 Å². The van der Waals surface area contributed by atoms with Crippen molar-refractivity contribution in [1.82, 2.24) is 4.90 Å². The second-order valence-electron chi connectivity index (χ2n) is 4.96. The van der Waals surface area contributed by atoms with Crippen LogP contribution in [0.2, 0.25) is 0 Å². The Morgan fingerprint density at radius 3 is 2.81 bits per heavy atom. The molecule has 2 rings (SSSR count). The molecule has 1 aliphatic rings. The van der Waals surface area contributed by atoms with E-state index in [1.54, 1.807) is 0 Å². The van der Waals surface area contributed by atoms with E-state index in [9.17, 15) is 0 Å². The van der Waals surface area contributed by atoms with Crippen molar-refractivity contribution in [1.29, 1.82) is 0 Å². The highest BCUT2D eigenvalue weighted by Crippen LogP contribution is 2.21. The van der Waals surface area contributed by atoms with Gasteiger partial charge in [0.1, 0.15) is 0 Å². The fraction of sp³-hybridized carbons (Fsp3) is 0.571. The first-order valence-corrected chi connectivity index (χ1v) is 6.25. The van der Waals surface area contributed by atoms with Crippen LogP contribution in [0.15, 0.2) is 18.2 Å². The molecule has 1 aliphatic heterocycles. The molecule has 16 heavy (non-hydrogen) atoms. The second-order valence-corrected chi connectivity index (χ2v) is 4.96. The Morgan fingerprint density at radius 1 is 1.31 bits per heavy atom. The Morgan fingerprint density at radius 2 is 2.12 bits per heavy atom. The highest BCUT2D eigenvalue weighted by Gasteiger charge is 2.18. The van der Waals surface area contributed by atoms with Gasteiger partial charge in [-0.1, -0.05) is 18.2 Å². The van der Waals surface area contributed by atoms with Gasteiger partial charge >= 0.3 is 0 Å². The Balaban J connectivity index is 2.15. The lowest BCUT2D eigenvalue weighted by Crippen LogP contribution is -2.35. The van der Waals surface area contributed by atoms with Gasteiger partial charge in [0.05, 0.1) is 0 Å². The third kappa shape index (κ3) is 2.45. The van der Waals surface area contributed by atoms with Crippen LogP contribution in [0.4, 0.5) is 0 Å². The fourth-order valence-corrected chi connectivity index (χ4v) is 2.39. The van der Waals surface area contributed by atoms with Crippen molar-refractivity contribution in [2.75, 3.05) is 13.1 Å². The van der Waals surface area contributed by atoms with E-state index in [0.717, 1.165) is 19.5 Å². The molecule has 1 heterocycles. The van der Waals surface area contributed by atoms with E-state index in [4.69, 9.17) is 5.73 Å². The van der Waals surface area contributed by atoms with Crippen molar-refractivity contribution in [3.8, 4) is 0 Å². The molecule has 0 radical (unpaired) electrons. The predicted molar refractivity (Wildman–Crippen MR) is 68.5 cm³/mol. The number of nitrogens with two attached hydrogens (primary N) is 1. The topological polar surface area (TPSA) is 29.3 Å². The standard InChI is InChI=1S/C14H22N2/c1-11(2)16-8-6-13-9-12(5-7-15)3-4-14(13)10-16/h3-4,9,11H,5-8,10,15H2,1-2H3. The van der Waals surface area contributed by atoms with Crippen LogP contribution in [0, 0.1) is 0 Å². The van der Waals surface area contributed by atoms with Gasteiger partial charge in [0.2, 0.25) is 0 Å². The van der Waals surface area contributed by atoms with Crippen molar-refractivity contribution in [3.63, 3.8) is 0 Å². The molecule has 0 saturated carbocycles.